The van der Waals surface area contributed by atoms with Crippen LogP contribution in [0.1, 0.15) is 24.0 Å². The van der Waals surface area contributed by atoms with Crippen molar-refractivity contribution in [1.29, 1.82) is 0 Å². The van der Waals surface area contributed by atoms with Gasteiger partial charge < -0.3 is 4.42 Å². The van der Waals surface area contributed by atoms with Crippen LogP contribution in [0.2, 0.25) is 0 Å². The molecule has 1 aromatic heterocycles. The Morgan fingerprint density at radius 1 is 1.14 bits per heavy atom. The Labute approximate surface area is 130 Å². The minimum atomic E-state index is -3.70. The zero-order chi connectivity index (χ0) is 15.6. The highest BCUT2D eigenvalue weighted by Crippen LogP contribution is 2.32. The van der Waals surface area contributed by atoms with Gasteiger partial charge in [0, 0.05) is 12.1 Å². The van der Waals surface area contributed by atoms with E-state index in [-0.39, 0.29) is 10.8 Å². The first-order valence-electron chi connectivity index (χ1n) is 6.66. The van der Waals surface area contributed by atoms with E-state index in [4.69, 9.17) is 16.0 Å². The highest BCUT2D eigenvalue weighted by atomic mass is 35.5. The van der Waals surface area contributed by atoms with Crippen LogP contribution in [0.3, 0.4) is 0 Å². The van der Waals surface area contributed by atoms with Crippen LogP contribution in [-0.4, -0.2) is 15.0 Å². The van der Waals surface area contributed by atoms with Crippen LogP contribution in [0.5, 0.6) is 0 Å². The van der Waals surface area contributed by atoms with Crippen LogP contribution in [-0.2, 0) is 15.9 Å². The minimum Gasteiger partial charge on any atom is -0.465 e. The molecule has 0 unspecified atom stereocenters. The van der Waals surface area contributed by atoms with Crippen LogP contribution < -0.4 is 4.31 Å². The molecule has 0 aliphatic carbocycles. The molecule has 0 fully saturated rings. The van der Waals surface area contributed by atoms with Gasteiger partial charge in [-0.2, -0.15) is 0 Å². The molecule has 0 spiro atoms. The average molecular weight is 328 g/mol. The lowest BCUT2D eigenvalue weighted by Gasteiger charge is -2.23. The number of rotatable bonds is 5. The Balaban J connectivity index is 2.61. The number of aryl methyl sites for hydroxylation is 2. The zero-order valence-electron chi connectivity index (χ0n) is 12.3. The molecule has 0 aliphatic heterocycles. The molecule has 0 saturated carbocycles. The van der Waals surface area contributed by atoms with Crippen molar-refractivity contribution >= 4 is 27.3 Å². The van der Waals surface area contributed by atoms with Crippen LogP contribution in [0.25, 0.3) is 0 Å². The Kier molecular flexibility index (Phi) is 4.64. The lowest BCUT2D eigenvalue weighted by atomic mass is 10.3. The Hall–Kier alpha value is -1.46. The summed E-state index contributed by atoms with van der Waals surface area (Å²) in [7, 11) is -3.70. The minimum absolute atomic E-state index is 0.101. The first-order chi connectivity index (χ1) is 9.93. The second-order valence-corrected chi connectivity index (χ2v) is 6.73. The van der Waals surface area contributed by atoms with E-state index in [9.17, 15) is 8.42 Å². The van der Waals surface area contributed by atoms with Gasteiger partial charge in [0.25, 0.3) is 10.0 Å². The maximum absolute atomic E-state index is 13.0. The number of para-hydroxylation sites is 1. The molecule has 0 aliphatic rings. The summed E-state index contributed by atoms with van der Waals surface area (Å²) in [5, 5.41) is 0. The van der Waals surface area contributed by atoms with E-state index in [2.05, 4.69) is 0 Å². The van der Waals surface area contributed by atoms with Gasteiger partial charge in [0.2, 0.25) is 0 Å². The fraction of sp³-hybridized carbons (Fsp3) is 0.333. The number of alkyl halides is 1. The highest BCUT2D eigenvalue weighted by Gasteiger charge is 2.31. The van der Waals surface area contributed by atoms with Crippen molar-refractivity contribution in [2.45, 2.75) is 31.5 Å². The van der Waals surface area contributed by atoms with Gasteiger partial charge in [-0.1, -0.05) is 18.2 Å². The summed E-state index contributed by atoms with van der Waals surface area (Å²) in [6.07, 6.45) is 0. The first-order valence-corrected chi connectivity index (χ1v) is 8.63. The van der Waals surface area contributed by atoms with Crippen LogP contribution in [0.15, 0.2) is 39.6 Å². The van der Waals surface area contributed by atoms with Gasteiger partial charge in [-0.25, -0.2) is 8.42 Å². The number of nitrogens with zero attached hydrogens (tertiary/aromatic N) is 1. The molecule has 6 heteroatoms. The lowest BCUT2D eigenvalue weighted by Crippen LogP contribution is -2.31. The number of anilines is 1. The first kappa shape index (κ1) is 15.9. The maximum Gasteiger partial charge on any atom is 0.268 e. The van der Waals surface area contributed by atoms with Crippen LogP contribution in [0, 0.1) is 13.8 Å². The summed E-state index contributed by atoms with van der Waals surface area (Å²) in [6, 6.07) is 9.00. The third-order valence-electron chi connectivity index (χ3n) is 3.34. The predicted molar refractivity (Wildman–Crippen MR) is 84.4 cm³/mol. The van der Waals surface area contributed by atoms with Crippen molar-refractivity contribution in [1.82, 2.24) is 0 Å². The summed E-state index contributed by atoms with van der Waals surface area (Å²) in [6.45, 7) is 5.50. The van der Waals surface area contributed by atoms with Gasteiger partial charge in [-0.3, -0.25) is 4.31 Å². The number of hydrogen-bond donors (Lipinski definition) is 0. The maximum atomic E-state index is 13.0. The van der Waals surface area contributed by atoms with E-state index < -0.39 is 10.0 Å². The van der Waals surface area contributed by atoms with E-state index in [1.165, 1.54) is 4.31 Å². The molecule has 0 radical (unpaired) electrons. The van der Waals surface area contributed by atoms with Gasteiger partial charge in [0.05, 0.1) is 11.6 Å². The van der Waals surface area contributed by atoms with Crippen molar-refractivity contribution in [2.75, 3.05) is 10.8 Å². The van der Waals surface area contributed by atoms with E-state index in [1.807, 2.05) is 18.2 Å². The van der Waals surface area contributed by atoms with Gasteiger partial charge in [-0.15, -0.1) is 11.6 Å². The molecule has 4 nitrogen and oxygen atoms in total. The van der Waals surface area contributed by atoms with Crippen molar-refractivity contribution in [3.05, 3.63) is 47.4 Å². The summed E-state index contributed by atoms with van der Waals surface area (Å²) >= 11 is 5.91. The lowest BCUT2D eigenvalue weighted by molar-refractivity contribution is 0.495. The molecule has 2 aromatic rings. The van der Waals surface area contributed by atoms with Crippen molar-refractivity contribution in [3.8, 4) is 0 Å². The van der Waals surface area contributed by atoms with Gasteiger partial charge in [0.1, 0.15) is 16.4 Å². The molecule has 0 atom stereocenters. The third-order valence-corrected chi connectivity index (χ3v) is 5.70. The molecule has 0 bridgehead atoms. The van der Waals surface area contributed by atoms with Crippen molar-refractivity contribution < 1.29 is 12.8 Å². The Morgan fingerprint density at radius 2 is 1.76 bits per heavy atom. The summed E-state index contributed by atoms with van der Waals surface area (Å²) in [5.74, 6) is 1.02. The van der Waals surface area contributed by atoms with Gasteiger partial charge in [0.15, 0.2) is 0 Å². The molecule has 0 amide bonds. The van der Waals surface area contributed by atoms with Crippen molar-refractivity contribution in [3.63, 3.8) is 0 Å². The molecule has 0 N–H and O–H groups in total. The van der Waals surface area contributed by atoms with Gasteiger partial charge >= 0.3 is 0 Å². The van der Waals surface area contributed by atoms with Crippen LogP contribution >= 0.6 is 11.6 Å². The van der Waals surface area contributed by atoms with Crippen LogP contribution in [0.4, 0.5) is 5.69 Å². The third kappa shape index (κ3) is 2.80. The van der Waals surface area contributed by atoms with E-state index >= 15 is 0 Å². The van der Waals surface area contributed by atoms with E-state index in [0.717, 1.165) is 0 Å². The predicted octanol–water partition coefficient (Wildman–Crippen LogP) is 3.85. The SMILES string of the molecule is CCN(c1ccccc1)S(=O)(=O)c1c(C)oc(C)c1CCl. The summed E-state index contributed by atoms with van der Waals surface area (Å²) < 4.78 is 32.8. The Bertz CT molecular complexity index is 723. The van der Waals surface area contributed by atoms with E-state index in [1.54, 1.807) is 32.9 Å². The molecule has 0 saturated heterocycles. The fourth-order valence-corrected chi connectivity index (χ4v) is 4.69. The second-order valence-electron chi connectivity index (χ2n) is 4.66. The molecule has 1 aromatic carbocycles. The number of hydrogen-bond acceptors (Lipinski definition) is 3. The number of halogens is 1. The monoisotopic (exact) mass is 327 g/mol. The molecule has 2 rings (SSSR count). The van der Waals surface area contributed by atoms with Crippen molar-refractivity contribution in [2.24, 2.45) is 0 Å². The average Bonchev–Trinajstić information content (AvgIpc) is 2.75. The molecule has 1 heterocycles. The molecular formula is C15H18ClNO3S. The zero-order valence-corrected chi connectivity index (χ0v) is 13.8. The normalized spacial score (nSPS) is 11.6. The second kappa shape index (κ2) is 6.12. The molecule has 21 heavy (non-hydrogen) atoms. The fourth-order valence-electron chi connectivity index (χ4n) is 2.40. The largest absolute Gasteiger partial charge is 0.465 e. The van der Waals surface area contributed by atoms with E-state index in [0.29, 0.717) is 29.3 Å². The van der Waals surface area contributed by atoms with Gasteiger partial charge in [-0.05, 0) is 32.9 Å². The highest BCUT2D eigenvalue weighted by molar-refractivity contribution is 7.93. The quantitative estimate of drug-likeness (QED) is 0.784. The number of sulfonamides is 1. The number of benzene rings is 1. The molecule has 114 valence electrons. The topological polar surface area (TPSA) is 50.5 Å². The summed E-state index contributed by atoms with van der Waals surface area (Å²) in [4.78, 5) is 0.181. The standard InChI is InChI=1S/C15H18ClNO3S/c1-4-17(13-8-6-5-7-9-13)21(18,19)15-12(3)20-11(2)14(15)10-16/h5-9H,4,10H2,1-3H3. The smallest absolute Gasteiger partial charge is 0.268 e. The summed E-state index contributed by atoms with van der Waals surface area (Å²) in [5.41, 5.74) is 1.15. The Morgan fingerprint density at radius 3 is 2.29 bits per heavy atom. The number of furan rings is 1. The molecular weight excluding hydrogens is 310 g/mol.